The fourth-order valence-electron chi connectivity index (χ4n) is 1.55. The van der Waals surface area contributed by atoms with E-state index in [1.165, 1.54) is 0 Å². The van der Waals surface area contributed by atoms with E-state index >= 15 is 0 Å². The van der Waals surface area contributed by atoms with E-state index in [0.29, 0.717) is 13.2 Å². The van der Waals surface area contributed by atoms with Crippen molar-refractivity contribution in [2.75, 3.05) is 13.7 Å². The Morgan fingerprint density at radius 2 is 1.71 bits per heavy atom. The molecule has 3 heteroatoms. The van der Waals surface area contributed by atoms with Crippen LogP contribution < -0.4 is 10.5 Å². The molecule has 1 aromatic carbocycles. The van der Waals surface area contributed by atoms with Crippen molar-refractivity contribution in [2.24, 2.45) is 5.73 Å². The lowest BCUT2D eigenvalue weighted by Crippen LogP contribution is -2.43. The lowest BCUT2D eigenvalue weighted by molar-refractivity contribution is 0.0696. The Morgan fingerprint density at radius 3 is 2.18 bits per heavy atom. The van der Waals surface area contributed by atoms with Crippen LogP contribution in [-0.4, -0.2) is 19.3 Å². The summed E-state index contributed by atoms with van der Waals surface area (Å²) in [4.78, 5) is 0. The van der Waals surface area contributed by atoms with E-state index in [4.69, 9.17) is 15.2 Å². The molecule has 0 spiro atoms. The summed E-state index contributed by atoms with van der Waals surface area (Å²) in [7, 11) is 1.66. The van der Waals surface area contributed by atoms with Gasteiger partial charge in [-0.2, -0.15) is 0 Å². The van der Waals surface area contributed by atoms with Crippen LogP contribution in [0.3, 0.4) is 0 Å². The Balaban J connectivity index is 2.40. The van der Waals surface area contributed by atoms with Gasteiger partial charge in [-0.05, 0) is 30.5 Å². The van der Waals surface area contributed by atoms with E-state index in [1.807, 2.05) is 24.3 Å². The van der Waals surface area contributed by atoms with Crippen molar-refractivity contribution in [2.45, 2.75) is 38.8 Å². The van der Waals surface area contributed by atoms with E-state index in [1.54, 1.807) is 7.11 Å². The summed E-state index contributed by atoms with van der Waals surface area (Å²) in [5, 5.41) is 0. The van der Waals surface area contributed by atoms with Crippen molar-refractivity contribution in [3.05, 3.63) is 29.8 Å². The number of hydrogen-bond acceptors (Lipinski definition) is 3. The molecule has 3 nitrogen and oxygen atoms in total. The van der Waals surface area contributed by atoms with Crippen molar-refractivity contribution in [1.82, 2.24) is 0 Å². The molecule has 0 saturated carbocycles. The third kappa shape index (κ3) is 4.36. The maximum atomic E-state index is 6.16. The van der Waals surface area contributed by atoms with E-state index in [-0.39, 0.29) is 5.54 Å². The largest absolute Gasteiger partial charge is 0.497 e. The van der Waals surface area contributed by atoms with Crippen LogP contribution in [-0.2, 0) is 11.3 Å². The first-order chi connectivity index (χ1) is 8.13. The normalized spacial score (nSPS) is 11.5. The second-order valence-corrected chi connectivity index (χ2v) is 4.41. The molecule has 17 heavy (non-hydrogen) atoms. The predicted molar refractivity (Wildman–Crippen MR) is 70.2 cm³/mol. The third-order valence-corrected chi connectivity index (χ3v) is 3.23. The Kier molecular flexibility index (Phi) is 5.45. The molecule has 0 aliphatic rings. The Bertz CT molecular complexity index is 317. The molecule has 0 unspecified atom stereocenters. The van der Waals surface area contributed by atoms with Crippen LogP contribution in [0, 0.1) is 0 Å². The van der Waals surface area contributed by atoms with Gasteiger partial charge in [-0.25, -0.2) is 0 Å². The maximum absolute atomic E-state index is 6.16. The van der Waals surface area contributed by atoms with Gasteiger partial charge in [0.25, 0.3) is 0 Å². The zero-order valence-electron chi connectivity index (χ0n) is 11.0. The first-order valence-electron chi connectivity index (χ1n) is 6.13. The van der Waals surface area contributed by atoms with Gasteiger partial charge < -0.3 is 15.2 Å². The van der Waals surface area contributed by atoms with Gasteiger partial charge in [0.15, 0.2) is 0 Å². The van der Waals surface area contributed by atoms with Gasteiger partial charge in [-0.3, -0.25) is 0 Å². The van der Waals surface area contributed by atoms with E-state index in [0.717, 1.165) is 24.2 Å². The average Bonchev–Trinajstić information content (AvgIpc) is 2.39. The van der Waals surface area contributed by atoms with E-state index < -0.39 is 0 Å². The molecule has 0 fully saturated rings. The van der Waals surface area contributed by atoms with Crippen LogP contribution in [0.15, 0.2) is 24.3 Å². The minimum atomic E-state index is -0.188. The standard InChI is InChI=1S/C14H23NO2/c1-4-14(15,5-2)11-17-10-12-6-8-13(16-3)9-7-12/h6-9H,4-5,10-11,15H2,1-3H3. The molecule has 0 bridgehead atoms. The van der Waals surface area contributed by atoms with Crippen molar-refractivity contribution in [3.63, 3.8) is 0 Å². The highest BCUT2D eigenvalue weighted by Gasteiger charge is 2.19. The Morgan fingerprint density at radius 1 is 1.12 bits per heavy atom. The highest BCUT2D eigenvalue weighted by Crippen LogP contribution is 2.15. The number of ether oxygens (including phenoxy) is 2. The molecule has 0 heterocycles. The Hall–Kier alpha value is -1.06. The molecular formula is C14H23NO2. The SMILES string of the molecule is CCC(N)(CC)COCc1ccc(OC)cc1. The quantitative estimate of drug-likeness (QED) is 0.793. The lowest BCUT2D eigenvalue weighted by atomic mass is 9.96. The molecule has 0 aliphatic heterocycles. The van der Waals surface area contributed by atoms with Crippen molar-refractivity contribution in [3.8, 4) is 5.75 Å². The zero-order valence-corrected chi connectivity index (χ0v) is 11.0. The van der Waals surface area contributed by atoms with Gasteiger partial charge in [0, 0.05) is 5.54 Å². The lowest BCUT2D eigenvalue weighted by Gasteiger charge is -2.26. The zero-order chi connectivity index (χ0) is 12.7. The number of nitrogens with two attached hydrogens (primary N) is 1. The molecule has 1 rings (SSSR count). The third-order valence-electron chi connectivity index (χ3n) is 3.23. The van der Waals surface area contributed by atoms with Crippen molar-refractivity contribution < 1.29 is 9.47 Å². The minimum absolute atomic E-state index is 0.188. The second kappa shape index (κ2) is 6.62. The summed E-state index contributed by atoms with van der Waals surface area (Å²) < 4.78 is 10.8. The summed E-state index contributed by atoms with van der Waals surface area (Å²) in [5.41, 5.74) is 7.11. The highest BCUT2D eigenvalue weighted by atomic mass is 16.5. The van der Waals surface area contributed by atoms with Crippen LogP contribution in [0.4, 0.5) is 0 Å². The van der Waals surface area contributed by atoms with Crippen molar-refractivity contribution in [1.29, 1.82) is 0 Å². The van der Waals surface area contributed by atoms with Crippen LogP contribution in [0.1, 0.15) is 32.3 Å². The fourth-order valence-corrected chi connectivity index (χ4v) is 1.55. The molecular weight excluding hydrogens is 214 g/mol. The molecule has 0 radical (unpaired) electrons. The number of methoxy groups -OCH3 is 1. The van der Waals surface area contributed by atoms with Gasteiger partial charge in [0.1, 0.15) is 5.75 Å². The number of benzene rings is 1. The topological polar surface area (TPSA) is 44.5 Å². The molecule has 0 saturated heterocycles. The molecule has 0 aliphatic carbocycles. The monoisotopic (exact) mass is 237 g/mol. The summed E-state index contributed by atoms with van der Waals surface area (Å²) in [5.74, 6) is 0.865. The van der Waals surface area contributed by atoms with Crippen molar-refractivity contribution >= 4 is 0 Å². The van der Waals surface area contributed by atoms with E-state index in [9.17, 15) is 0 Å². The maximum Gasteiger partial charge on any atom is 0.118 e. The number of hydrogen-bond donors (Lipinski definition) is 1. The summed E-state index contributed by atoms with van der Waals surface area (Å²) in [6.07, 6.45) is 1.87. The minimum Gasteiger partial charge on any atom is -0.497 e. The molecule has 0 atom stereocenters. The van der Waals surface area contributed by atoms with Crippen LogP contribution in [0.25, 0.3) is 0 Å². The molecule has 0 aromatic heterocycles. The summed E-state index contributed by atoms with van der Waals surface area (Å²) in [6, 6.07) is 7.89. The van der Waals surface area contributed by atoms with Gasteiger partial charge in [0.05, 0.1) is 20.3 Å². The molecule has 1 aromatic rings. The van der Waals surface area contributed by atoms with Gasteiger partial charge in [0.2, 0.25) is 0 Å². The first kappa shape index (κ1) is 14.0. The number of rotatable bonds is 7. The predicted octanol–water partition coefficient (Wildman–Crippen LogP) is 2.73. The first-order valence-corrected chi connectivity index (χ1v) is 6.13. The average molecular weight is 237 g/mol. The Labute approximate surface area is 104 Å². The molecule has 0 amide bonds. The smallest absolute Gasteiger partial charge is 0.118 e. The van der Waals surface area contributed by atoms with Crippen LogP contribution in [0.5, 0.6) is 5.75 Å². The molecule has 96 valence electrons. The summed E-state index contributed by atoms with van der Waals surface area (Å²) in [6.45, 7) is 5.40. The van der Waals surface area contributed by atoms with Gasteiger partial charge in [-0.15, -0.1) is 0 Å². The van der Waals surface area contributed by atoms with Gasteiger partial charge in [-0.1, -0.05) is 26.0 Å². The fraction of sp³-hybridized carbons (Fsp3) is 0.571. The van der Waals surface area contributed by atoms with E-state index in [2.05, 4.69) is 13.8 Å². The second-order valence-electron chi connectivity index (χ2n) is 4.41. The van der Waals surface area contributed by atoms with Gasteiger partial charge >= 0.3 is 0 Å². The molecule has 2 N–H and O–H groups in total. The van der Waals surface area contributed by atoms with Crippen LogP contribution >= 0.6 is 0 Å². The summed E-state index contributed by atoms with van der Waals surface area (Å²) >= 11 is 0. The highest BCUT2D eigenvalue weighted by molar-refractivity contribution is 5.26. The van der Waals surface area contributed by atoms with Crippen LogP contribution in [0.2, 0.25) is 0 Å².